The lowest BCUT2D eigenvalue weighted by atomic mass is 9.95. The van der Waals surface area contributed by atoms with Crippen molar-refractivity contribution in [2.24, 2.45) is 5.92 Å². The summed E-state index contributed by atoms with van der Waals surface area (Å²) >= 11 is 4.03. The molecule has 1 unspecified atom stereocenters. The van der Waals surface area contributed by atoms with E-state index >= 15 is 0 Å². The van der Waals surface area contributed by atoms with Crippen molar-refractivity contribution in [1.82, 2.24) is 10.2 Å². The Morgan fingerprint density at radius 1 is 1.60 bits per heavy atom. The molecule has 1 atom stereocenters. The monoisotopic (exact) mass is 230 g/mol. The number of piperidine rings is 1. The summed E-state index contributed by atoms with van der Waals surface area (Å²) < 4.78 is 0. The molecule has 0 aromatic carbocycles. The van der Waals surface area contributed by atoms with Crippen LogP contribution in [0, 0.1) is 5.92 Å². The van der Waals surface area contributed by atoms with Crippen LogP contribution >= 0.6 is 12.6 Å². The number of amides is 1. The molecule has 1 amide bonds. The Bertz CT molecular complexity index is 199. The Morgan fingerprint density at radius 3 is 3.07 bits per heavy atom. The number of carbonyl (C=O) groups excluding carboxylic acids is 1. The first-order valence-electron chi connectivity index (χ1n) is 5.78. The summed E-state index contributed by atoms with van der Waals surface area (Å²) in [5, 5.41) is 2.94. The van der Waals surface area contributed by atoms with E-state index in [1.54, 1.807) is 0 Å². The molecule has 15 heavy (non-hydrogen) atoms. The summed E-state index contributed by atoms with van der Waals surface area (Å²) in [6.07, 6.45) is 4.26. The van der Waals surface area contributed by atoms with E-state index in [9.17, 15) is 4.79 Å². The van der Waals surface area contributed by atoms with Gasteiger partial charge in [-0.2, -0.15) is 12.6 Å². The first-order chi connectivity index (χ1) is 7.22. The minimum Gasteiger partial charge on any atom is -0.356 e. The van der Waals surface area contributed by atoms with Gasteiger partial charge in [0.05, 0.1) is 0 Å². The number of hydrogen-bond donors (Lipinski definition) is 2. The van der Waals surface area contributed by atoms with Gasteiger partial charge in [0.25, 0.3) is 0 Å². The number of rotatable bonds is 5. The van der Waals surface area contributed by atoms with Crippen LogP contribution in [0.15, 0.2) is 0 Å². The molecule has 1 N–H and O–H groups in total. The minimum atomic E-state index is 0.133. The van der Waals surface area contributed by atoms with E-state index in [0.717, 1.165) is 18.9 Å². The summed E-state index contributed by atoms with van der Waals surface area (Å²) in [6.45, 7) is 3.23. The van der Waals surface area contributed by atoms with Crippen molar-refractivity contribution in [3.63, 3.8) is 0 Å². The van der Waals surface area contributed by atoms with Crippen LogP contribution in [-0.4, -0.2) is 43.2 Å². The van der Waals surface area contributed by atoms with Gasteiger partial charge in [-0.05, 0) is 44.5 Å². The predicted octanol–water partition coefficient (Wildman–Crippen LogP) is 1.15. The molecule has 1 heterocycles. The zero-order chi connectivity index (χ0) is 11.1. The van der Waals surface area contributed by atoms with E-state index in [1.807, 2.05) is 0 Å². The second kappa shape index (κ2) is 7.12. The smallest absolute Gasteiger partial charge is 0.220 e. The van der Waals surface area contributed by atoms with Crippen LogP contribution < -0.4 is 5.32 Å². The van der Waals surface area contributed by atoms with Gasteiger partial charge in [0.2, 0.25) is 5.91 Å². The summed E-state index contributed by atoms with van der Waals surface area (Å²) in [5.41, 5.74) is 0. The highest BCUT2D eigenvalue weighted by molar-refractivity contribution is 7.80. The van der Waals surface area contributed by atoms with Gasteiger partial charge in [-0.15, -0.1) is 0 Å². The standard InChI is InChI=1S/C11H22N2OS/c1-13-7-2-3-10(9-13)4-6-12-11(14)5-8-15/h10,15H,2-9H2,1H3,(H,12,14). The zero-order valence-electron chi connectivity index (χ0n) is 9.54. The molecule has 0 saturated carbocycles. The van der Waals surface area contributed by atoms with E-state index in [2.05, 4.69) is 29.9 Å². The van der Waals surface area contributed by atoms with E-state index in [4.69, 9.17) is 0 Å². The Balaban J connectivity index is 2.06. The Hall–Kier alpha value is -0.220. The van der Waals surface area contributed by atoms with Crippen LogP contribution in [0.3, 0.4) is 0 Å². The number of likely N-dealkylation sites (tertiary alicyclic amines) is 1. The third-order valence-corrected chi connectivity index (χ3v) is 3.16. The van der Waals surface area contributed by atoms with Crippen LogP contribution in [0.2, 0.25) is 0 Å². The topological polar surface area (TPSA) is 32.3 Å². The molecule has 1 rings (SSSR count). The molecule has 0 aliphatic carbocycles. The molecule has 1 saturated heterocycles. The molecule has 0 aromatic heterocycles. The fraction of sp³-hybridized carbons (Fsp3) is 0.909. The number of nitrogens with zero attached hydrogens (tertiary/aromatic N) is 1. The molecule has 0 bridgehead atoms. The normalized spacial score (nSPS) is 22.7. The largest absolute Gasteiger partial charge is 0.356 e. The van der Waals surface area contributed by atoms with Crippen molar-refractivity contribution in [3.05, 3.63) is 0 Å². The van der Waals surface area contributed by atoms with Gasteiger partial charge in [0.1, 0.15) is 0 Å². The second-order valence-corrected chi connectivity index (χ2v) is 4.83. The first kappa shape index (κ1) is 12.8. The molecule has 88 valence electrons. The van der Waals surface area contributed by atoms with Crippen molar-refractivity contribution in [2.75, 3.05) is 32.4 Å². The highest BCUT2D eigenvalue weighted by Crippen LogP contribution is 2.17. The van der Waals surface area contributed by atoms with Crippen molar-refractivity contribution in [3.8, 4) is 0 Å². The number of carbonyl (C=O) groups is 1. The third kappa shape index (κ3) is 5.42. The van der Waals surface area contributed by atoms with Gasteiger partial charge in [-0.25, -0.2) is 0 Å². The summed E-state index contributed by atoms with van der Waals surface area (Å²) in [7, 11) is 2.17. The maximum absolute atomic E-state index is 11.2. The molecule has 0 radical (unpaired) electrons. The second-order valence-electron chi connectivity index (χ2n) is 4.38. The van der Waals surface area contributed by atoms with Gasteiger partial charge in [0.15, 0.2) is 0 Å². The van der Waals surface area contributed by atoms with Gasteiger partial charge in [-0.3, -0.25) is 4.79 Å². The van der Waals surface area contributed by atoms with E-state index in [1.165, 1.54) is 25.9 Å². The zero-order valence-corrected chi connectivity index (χ0v) is 10.4. The van der Waals surface area contributed by atoms with Crippen LogP contribution in [0.5, 0.6) is 0 Å². The molecule has 4 heteroatoms. The number of hydrogen-bond acceptors (Lipinski definition) is 3. The van der Waals surface area contributed by atoms with E-state index in [-0.39, 0.29) is 5.91 Å². The van der Waals surface area contributed by atoms with Gasteiger partial charge in [0, 0.05) is 19.5 Å². The van der Waals surface area contributed by atoms with Crippen molar-refractivity contribution in [1.29, 1.82) is 0 Å². The Labute approximate surface area is 98.0 Å². The lowest BCUT2D eigenvalue weighted by Gasteiger charge is -2.29. The molecular formula is C11H22N2OS. The summed E-state index contributed by atoms with van der Waals surface area (Å²) in [4.78, 5) is 13.6. The first-order valence-corrected chi connectivity index (χ1v) is 6.41. The number of thiol groups is 1. The fourth-order valence-corrected chi connectivity index (χ4v) is 2.32. The molecule has 1 aliphatic rings. The van der Waals surface area contributed by atoms with Crippen molar-refractivity contribution >= 4 is 18.5 Å². The molecule has 0 spiro atoms. The SMILES string of the molecule is CN1CCCC(CCNC(=O)CCS)C1. The van der Waals surface area contributed by atoms with Gasteiger partial charge in [-0.1, -0.05) is 0 Å². The Kier molecular flexibility index (Phi) is 6.10. The molecular weight excluding hydrogens is 208 g/mol. The quantitative estimate of drug-likeness (QED) is 0.695. The predicted molar refractivity (Wildman–Crippen MR) is 66.3 cm³/mol. The summed E-state index contributed by atoms with van der Waals surface area (Å²) in [6, 6.07) is 0. The maximum Gasteiger partial charge on any atom is 0.220 e. The average Bonchev–Trinajstić information content (AvgIpc) is 2.18. The van der Waals surface area contributed by atoms with Crippen LogP contribution in [-0.2, 0) is 4.79 Å². The summed E-state index contributed by atoms with van der Waals surface area (Å²) in [5.74, 6) is 1.53. The lowest BCUT2D eigenvalue weighted by molar-refractivity contribution is -0.120. The van der Waals surface area contributed by atoms with E-state index in [0.29, 0.717) is 12.2 Å². The van der Waals surface area contributed by atoms with Crippen molar-refractivity contribution < 1.29 is 4.79 Å². The minimum absolute atomic E-state index is 0.133. The third-order valence-electron chi connectivity index (χ3n) is 2.94. The average molecular weight is 230 g/mol. The Morgan fingerprint density at radius 2 is 2.40 bits per heavy atom. The van der Waals surface area contributed by atoms with Gasteiger partial charge >= 0.3 is 0 Å². The maximum atomic E-state index is 11.2. The fourth-order valence-electron chi connectivity index (χ4n) is 2.11. The highest BCUT2D eigenvalue weighted by atomic mass is 32.1. The van der Waals surface area contributed by atoms with Crippen LogP contribution in [0.25, 0.3) is 0 Å². The molecule has 3 nitrogen and oxygen atoms in total. The molecule has 0 aromatic rings. The highest BCUT2D eigenvalue weighted by Gasteiger charge is 2.16. The van der Waals surface area contributed by atoms with Gasteiger partial charge < -0.3 is 10.2 Å². The van der Waals surface area contributed by atoms with Crippen LogP contribution in [0.4, 0.5) is 0 Å². The molecule has 1 aliphatic heterocycles. The van der Waals surface area contributed by atoms with Crippen LogP contribution in [0.1, 0.15) is 25.7 Å². The van der Waals surface area contributed by atoms with E-state index < -0.39 is 0 Å². The van der Waals surface area contributed by atoms with Crippen molar-refractivity contribution in [2.45, 2.75) is 25.7 Å². The lowest BCUT2D eigenvalue weighted by Crippen LogP contribution is -2.34. The molecule has 1 fully saturated rings. The number of nitrogens with one attached hydrogen (secondary N) is 1.